The van der Waals surface area contributed by atoms with Gasteiger partial charge >= 0.3 is 0 Å². The van der Waals surface area contributed by atoms with E-state index in [2.05, 4.69) is 10.9 Å². The van der Waals surface area contributed by atoms with Gasteiger partial charge in [0, 0.05) is 24.1 Å². The quantitative estimate of drug-likeness (QED) is 0.678. The van der Waals surface area contributed by atoms with Crippen molar-refractivity contribution in [3.63, 3.8) is 0 Å². The van der Waals surface area contributed by atoms with E-state index in [9.17, 15) is 4.79 Å². The Morgan fingerprint density at radius 1 is 1.13 bits per heavy atom. The van der Waals surface area contributed by atoms with E-state index >= 15 is 0 Å². The number of ether oxygens (including phenoxy) is 1. The Labute approximate surface area is 133 Å². The van der Waals surface area contributed by atoms with Crippen LogP contribution in [-0.4, -0.2) is 18.0 Å². The molecular formula is C19H14N2O2. The van der Waals surface area contributed by atoms with Gasteiger partial charge in [0.05, 0.1) is 24.0 Å². The Bertz CT molecular complexity index is 958. The predicted octanol–water partition coefficient (Wildman–Crippen LogP) is 3.65. The van der Waals surface area contributed by atoms with E-state index in [0.29, 0.717) is 12.1 Å². The highest BCUT2D eigenvalue weighted by atomic mass is 16.5. The monoisotopic (exact) mass is 302 g/mol. The summed E-state index contributed by atoms with van der Waals surface area (Å²) in [7, 11) is 1.63. The number of methoxy groups -OCH3 is 1. The van der Waals surface area contributed by atoms with E-state index in [0.717, 1.165) is 33.6 Å². The van der Waals surface area contributed by atoms with Crippen LogP contribution in [0, 0.1) is 0 Å². The van der Waals surface area contributed by atoms with Crippen LogP contribution < -0.4 is 9.64 Å². The van der Waals surface area contributed by atoms with Crippen LogP contribution in [-0.2, 0) is 11.2 Å². The summed E-state index contributed by atoms with van der Waals surface area (Å²) in [5, 5.41) is 0.970. The van der Waals surface area contributed by atoms with E-state index in [1.165, 1.54) is 0 Å². The van der Waals surface area contributed by atoms with Gasteiger partial charge in [0.15, 0.2) is 0 Å². The lowest BCUT2D eigenvalue weighted by molar-refractivity contribution is 0.415. The molecule has 112 valence electrons. The van der Waals surface area contributed by atoms with Gasteiger partial charge in [0.1, 0.15) is 17.4 Å². The fourth-order valence-corrected chi connectivity index (χ4v) is 3.07. The molecule has 4 heteroatoms. The van der Waals surface area contributed by atoms with Crippen molar-refractivity contribution in [3.8, 4) is 5.75 Å². The van der Waals surface area contributed by atoms with Gasteiger partial charge in [-0.05, 0) is 29.8 Å². The summed E-state index contributed by atoms with van der Waals surface area (Å²) in [5.41, 5.74) is 4.53. The molecule has 23 heavy (non-hydrogen) atoms. The Morgan fingerprint density at radius 2 is 2.00 bits per heavy atom. The van der Waals surface area contributed by atoms with E-state index in [-0.39, 0.29) is 0 Å². The number of hydrogen-bond acceptors (Lipinski definition) is 4. The van der Waals surface area contributed by atoms with Gasteiger partial charge in [0.25, 0.3) is 0 Å². The summed E-state index contributed by atoms with van der Waals surface area (Å²) in [4.78, 5) is 17.8. The van der Waals surface area contributed by atoms with E-state index in [4.69, 9.17) is 4.74 Å². The van der Waals surface area contributed by atoms with Crippen molar-refractivity contribution >= 4 is 28.2 Å². The maximum absolute atomic E-state index is 11.5. The maximum atomic E-state index is 11.5. The lowest BCUT2D eigenvalue weighted by Crippen LogP contribution is -2.12. The van der Waals surface area contributed by atoms with E-state index < -0.39 is 0 Å². The van der Waals surface area contributed by atoms with Crippen LogP contribution in [0.5, 0.6) is 5.75 Å². The molecule has 3 aromatic rings. The Hall–Kier alpha value is -3.10. The molecule has 1 aliphatic rings. The first-order valence-corrected chi connectivity index (χ1v) is 7.36. The fourth-order valence-electron chi connectivity index (χ4n) is 3.07. The minimum Gasteiger partial charge on any atom is -0.497 e. The Balaban J connectivity index is 1.97. The van der Waals surface area contributed by atoms with E-state index in [1.807, 2.05) is 53.4 Å². The number of aromatic nitrogens is 1. The molecule has 0 aliphatic carbocycles. The molecule has 0 fully saturated rings. The molecule has 0 saturated heterocycles. The minimum absolute atomic E-state index is 0.597. The summed E-state index contributed by atoms with van der Waals surface area (Å²) in [6.45, 7) is 0. The number of allylic oxidation sites excluding steroid dienone is 1. The second-order valence-corrected chi connectivity index (χ2v) is 5.40. The third-order valence-corrected chi connectivity index (χ3v) is 4.15. The van der Waals surface area contributed by atoms with Gasteiger partial charge in [-0.15, -0.1) is 0 Å². The summed E-state index contributed by atoms with van der Waals surface area (Å²) in [5.74, 6) is 2.85. The van der Waals surface area contributed by atoms with Crippen LogP contribution in [0.1, 0.15) is 5.56 Å². The molecule has 2 heterocycles. The normalized spacial score (nSPS) is 13.1. The zero-order valence-corrected chi connectivity index (χ0v) is 12.6. The molecule has 4 rings (SSSR count). The molecule has 0 amide bonds. The molecular weight excluding hydrogens is 288 g/mol. The minimum atomic E-state index is 0.597. The van der Waals surface area contributed by atoms with Crippen molar-refractivity contribution < 1.29 is 9.53 Å². The highest BCUT2D eigenvalue weighted by molar-refractivity contribution is 5.98. The Kier molecular flexibility index (Phi) is 3.11. The number of fused-ring (bicyclic) bond motifs is 2. The molecule has 4 nitrogen and oxygen atoms in total. The molecule has 0 atom stereocenters. The maximum Gasteiger partial charge on any atom is 0.146 e. The van der Waals surface area contributed by atoms with Gasteiger partial charge in [0.2, 0.25) is 0 Å². The first kappa shape index (κ1) is 13.6. The Morgan fingerprint density at radius 3 is 2.83 bits per heavy atom. The lowest BCUT2D eigenvalue weighted by Gasteiger charge is -2.21. The number of rotatable bonds is 2. The van der Waals surface area contributed by atoms with Crippen molar-refractivity contribution in [3.05, 3.63) is 66.0 Å². The molecule has 0 saturated carbocycles. The third-order valence-electron chi connectivity index (χ3n) is 4.15. The van der Waals surface area contributed by atoms with Crippen LogP contribution in [0.3, 0.4) is 0 Å². The van der Waals surface area contributed by atoms with Crippen LogP contribution >= 0.6 is 0 Å². The molecule has 0 spiro atoms. The fraction of sp³-hybridized carbons (Fsp3) is 0.105. The highest BCUT2D eigenvalue weighted by Crippen LogP contribution is 2.42. The average molecular weight is 302 g/mol. The van der Waals surface area contributed by atoms with Gasteiger partial charge in [-0.1, -0.05) is 18.2 Å². The lowest BCUT2D eigenvalue weighted by atomic mass is 10.1. The smallest absolute Gasteiger partial charge is 0.146 e. The summed E-state index contributed by atoms with van der Waals surface area (Å²) in [6, 6.07) is 15.7. The SMILES string of the molecule is COc1ccc2c(N3C(=C=O)Cc4ccccc43)ccnc2c1. The van der Waals surface area contributed by atoms with Gasteiger partial charge in [-0.2, -0.15) is 0 Å². The average Bonchev–Trinajstić information content (AvgIpc) is 2.99. The van der Waals surface area contributed by atoms with E-state index in [1.54, 1.807) is 13.3 Å². The molecule has 1 aromatic heterocycles. The zero-order valence-electron chi connectivity index (χ0n) is 12.6. The van der Waals surface area contributed by atoms with Crippen LogP contribution in [0.4, 0.5) is 11.4 Å². The first-order chi connectivity index (χ1) is 11.3. The predicted molar refractivity (Wildman–Crippen MR) is 89.8 cm³/mol. The van der Waals surface area contributed by atoms with Crippen LogP contribution in [0.15, 0.2) is 60.4 Å². The molecule has 0 N–H and O–H groups in total. The van der Waals surface area contributed by atoms with Crippen molar-refractivity contribution in [1.29, 1.82) is 0 Å². The van der Waals surface area contributed by atoms with Crippen molar-refractivity contribution in [2.24, 2.45) is 0 Å². The second-order valence-electron chi connectivity index (χ2n) is 5.40. The van der Waals surface area contributed by atoms with Crippen molar-refractivity contribution in [1.82, 2.24) is 4.98 Å². The first-order valence-electron chi connectivity index (χ1n) is 7.36. The van der Waals surface area contributed by atoms with Crippen molar-refractivity contribution in [2.75, 3.05) is 12.0 Å². The largest absolute Gasteiger partial charge is 0.497 e. The number of para-hydroxylation sites is 1. The number of carbonyl (C=O) groups excluding carboxylic acids is 1. The second kappa shape index (κ2) is 5.27. The molecule has 0 unspecified atom stereocenters. The third kappa shape index (κ3) is 2.08. The molecule has 0 radical (unpaired) electrons. The van der Waals surface area contributed by atoms with Crippen molar-refractivity contribution in [2.45, 2.75) is 6.42 Å². The number of hydrogen-bond donors (Lipinski definition) is 0. The summed E-state index contributed by atoms with van der Waals surface area (Å²) in [6.07, 6.45) is 2.35. The summed E-state index contributed by atoms with van der Waals surface area (Å²) >= 11 is 0. The van der Waals surface area contributed by atoms with Gasteiger partial charge in [-0.25, -0.2) is 4.79 Å². The molecule has 1 aliphatic heterocycles. The summed E-state index contributed by atoms with van der Waals surface area (Å²) < 4.78 is 5.27. The number of pyridine rings is 1. The molecule has 0 bridgehead atoms. The number of nitrogens with zero attached hydrogens (tertiary/aromatic N) is 2. The highest BCUT2D eigenvalue weighted by Gasteiger charge is 2.27. The standard InChI is InChI=1S/C19H14N2O2/c1-23-15-6-7-16-17(11-15)20-9-8-19(16)21-14(12-22)10-13-4-2-3-5-18(13)21/h2-9,11H,10H2,1H3. The van der Waals surface area contributed by atoms with Gasteiger partial charge < -0.3 is 9.64 Å². The van der Waals surface area contributed by atoms with Gasteiger partial charge in [-0.3, -0.25) is 4.98 Å². The van der Waals surface area contributed by atoms with Crippen LogP contribution in [0.2, 0.25) is 0 Å². The topological polar surface area (TPSA) is 42.4 Å². The zero-order chi connectivity index (χ0) is 15.8. The molecule has 2 aromatic carbocycles. The van der Waals surface area contributed by atoms with Crippen LogP contribution in [0.25, 0.3) is 10.9 Å². The number of benzene rings is 2. The number of anilines is 2.